The molecule has 3 aromatic carbocycles. The van der Waals surface area contributed by atoms with Crippen LogP contribution < -0.4 is 19.0 Å². The second kappa shape index (κ2) is 18.7. The van der Waals surface area contributed by atoms with Crippen LogP contribution in [0.2, 0.25) is 5.02 Å². The molecule has 0 spiro atoms. The average Bonchev–Trinajstić information content (AvgIpc) is 3.84. The molecule has 0 saturated heterocycles. The highest BCUT2D eigenvalue weighted by Gasteiger charge is 2.54. The number of alkyl halides is 8. The van der Waals surface area contributed by atoms with E-state index in [1.165, 1.54) is 31.2 Å². The van der Waals surface area contributed by atoms with Crippen LogP contribution in [-0.4, -0.2) is 74.2 Å². The quantitative estimate of drug-likeness (QED) is 0.0736. The summed E-state index contributed by atoms with van der Waals surface area (Å²) >= 11 is 6.65. The Bertz CT molecular complexity index is 3250. The van der Waals surface area contributed by atoms with E-state index < -0.39 is 148 Å². The van der Waals surface area contributed by atoms with Crippen molar-refractivity contribution in [2.24, 2.45) is 5.92 Å². The van der Waals surface area contributed by atoms with Crippen molar-refractivity contribution in [3.8, 4) is 16.9 Å². The number of carbonyl (C=O) groups excluding carboxylic acids is 2. The number of rotatable bonds is 13. The molecule has 3 N–H and O–H groups in total. The summed E-state index contributed by atoms with van der Waals surface area (Å²) in [5.41, 5.74) is -5.63. The standard InChI is InChI=1S/C42H36ClF10N8O8PS/c1-20-13-27-36(42(51,52)53)56-59(37(27)41(20,49)50)18-32(62)55-29(16-22-14-23(44)17-24(45)15-22)34-25(10-9-21(2)54-34)26-11-12-28(43)33-35(26)60(19-40(46,47)48)57-38(33)61(71(4,67)68)39(63)58(3)30-7-5-6-8-31(30)69-70(64,65)66/h5-12,14-15,17,20,29H,13,16,18-19H2,1-4H3,(H,55,62)(H2,64,65,66)/t20-,29+/m1/s1. The number of carbonyl (C=O) groups is 2. The Hall–Kier alpha value is -6.28. The van der Waals surface area contributed by atoms with E-state index in [-0.39, 0.29) is 41.7 Å². The molecule has 0 aliphatic heterocycles. The number of pyridine rings is 1. The zero-order valence-electron chi connectivity index (χ0n) is 36.8. The number of anilines is 2. The zero-order valence-corrected chi connectivity index (χ0v) is 39.3. The van der Waals surface area contributed by atoms with E-state index in [2.05, 4.69) is 25.0 Å². The highest BCUT2D eigenvalue weighted by molar-refractivity contribution is 7.92. The van der Waals surface area contributed by atoms with Crippen LogP contribution in [0.15, 0.2) is 66.7 Å². The lowest BCUT2D eigenvalue weighted by Crippen LogP contribution is -2.45. The molecule has 71 heavy (non-hydrogen) atoms. The van der Waals surface area contributed by atoms with Crippen molar-refractivity contribution in [1.29, 1.82) is 0 Å². The second-order valence-electron chi connectivity index (χ2n) is 16.4. The predicted octanol–water partition coefficient (Wildman–Crippen LogP) is 8.99. The fourth-order valence-corrected chi connectivity index (χ4v) is 9.67. The molecule has 0 bridgehead atoms. The van der Waals surface area contributed by atoms with Gasteiger partial charge in [-0.15, -0.1) is 0 Å². The SMILES string of the molecule is Cc1ccc(-c2ccc(Cl)c3c(N(C(=O)N(C)c4ccccc4OP(=O)(O)O)S(C)(=O)=O)nn(CC(F)(F)F)c23)c([C@H](Cc2cc(F)cc(F)c2)NC(=O)Cn2nc(C(F)(F)F)c3c2C(F)(F)[C@H](C)C3)n1. The van der Waals surface area contributed by atoms with Gasteiger partial charge in [-0.25, -0.2) is 26.6 Å². The predicted molar refractivity (Wildman–Crippen MR) is 234 cm³/mol. The lowest BCUT2D eigenvalue weighted by molar-refractivity contribution is -0.143. The lowest BCUT2D eigenvalue weighted by atomic mass is 9.93. The molecule has 7 rings (SSSR count). The van der Waals surface area contributed by atoms with Crippen molar-refractivity contribution in [2.75, 3.05) is 22.5 Å². The van der Waals surface area contributed by atoms with E-state index in [0.29, 0.717) is 17.2 Å². The number of nitrogens with one attached hydrogen (secondary N) is 1. The van der Waals surface area contributed by atoms with E-state index in [1.54, 1.807) is 0 Å². The summed E-state index contributed by atoms with van der Waals surface area (Å²) in [7, 11) is -9.34. The normalized spacial score (nSPS) is 15.4. The maximum atomic E-state index is 15.4. The van der Waals surface area contributed by atoms with E-state index in [1.807, 2.05) is 0 Å². The molecule has 0 radical (unpaired) electrons. The van der Waals surface area contributed by atoms with Gasteiger partial charge in [0.2, 0.25) is 15.9 Å². The number of phosphoric ester groups is 1. The molecule has 29 heteroatoms. The van der Waals surface area contributed by atoms with Crippen molar-refractivity contribution >= 4 is 63.8 Å². The molecule has 1 aliphatic rings. The van der Waals surface area contributed by atoms with Crippen LogP contribution >= 0.6 is 19.4 Å². The first kappa shape index (κ1) is 52.5. The van der Waals surface area contributed by atoms with Gasteiger partial charge in [-0.1, -0.05) is 42.8 Å². The highest BCUT2D eigenvalue weighted by Crippen LogP contribution is 2.50. The van der Waals surface area contributed by atoms with Gasteiger partial charge in [0.25, 0.3) is 5.92 Å². The number of nitrogens with zero attached hydrogens (tertiary/aromatic N) is 7. The van der Waals surface area contributed by atoms with Crippen LogP contribution in [-0.2, 0) is 57.4 Å². The zero-order chi connectivity index (χ0) is 52.5. The van der Waals surface area contributed by atoms with Gasteiger partial charge in [-0.2, -0.15) is 49.6 Å². The maximum Gasteiger partial charge on any atom is 0.524 e. The summed E-state index contributed by atoms with van der Waals surface area (Å²) in [6.07, 6.45) is -11.2. The summed E-state index contributed by atoms with van der Waals surface area (Å²) in [6.45, 7) is -0.847. The van der Waals surface area contributed by atoms with Crippen molar-refractivity contribution in [1.82, 2.24) is 29.9 Å². The Kier molecular flexibility index (Phi) is 13.9. The molecule has 6 aromatic rings. The molecule has 16 nitrogen and oxygen atoms in total. The fraction of sp³-hybridized carbons (Fsp3) is 0.310. The van der Waals surface area contributed by atoms with Gasteiger partial charge >= 0.3 is 26.2 Å². The first-order chi connectivity index (χ1) is 32.7. The molecule has 3 aromatic heterocycles. The Balaban J connectivity index is 1.42. The Labute approximate surface area is 400 Å². The number of halogens is 11. The third-order valence-corrected chi connectivity index (χ3v) is 12.8. The summed E-state index contributed by atoms with van der Waals surface area (Å²) in [5, 5.41) is 8.58. The summed E-state index contributed by atoms with van der Waals surface area (Å²) < 4.78 is 190. The number of phosphoric acid groups is 1. The van der Waals surface area contributed by atoms with Crippen LogP contribution in [0.5, 0.6) is 5.75 Å². The fourth-order valence-electron chi connectivity index (χ4n) is 8.18. The lowest BCUT2D eigenvalue weighted by Gasteiger charge is -2.26. The average molecular weight is 1070 g/mol. The van der Waals surface area contributed by atoms with Crippen molar-refractivity contribution < 1.29 is 80.8 Å². The first-order valence-corrected chi connectivity index (χ1v) is 24.2. The number of hydrogen-bond donors (Lipinski definition) is 3. The van der Waals surface area contributed by atoms with E-state index in [9.17, 15) is 67.5 Å². The molecular weight excluding hydrogens is 1030 g/mol. The van der Waals surface area contributed by atoms with Gasteiger partial charge < -0.3 is 9.84 Å². The van der Waals surface area contributed by atoms with Gasteiger partial charge in [0.1, 0.15) is 30.4 Å². The van der Waals surface area contributed by atoms with Crippen molar-refractivity contribution in [2.45, 2.75) is 64.1 Å². The number of hydrogen-bond acceptors (Lipinski definition) is 9. The topological polar surface area (TPSA) is 202 Å². The summed E-state index contributed by atoms with van der Waals surface area (Å²) in [5.74, 6) is -10.7. The third-order valence-electron chi connectivity index (χ3n) is 11.0. The minimum absolute atomic E-state index is 0.0392. The highest BCUT2D eigenvalue weighted by atomic mass is 35.5. The van der Waals surface area contributed by atoms with Gasteiger partial charge in [-0.05, 0) is 61.7 Å². The molecule has 3 amide bonds. The number of sulfonamides is 1. The number of para-hydroxylation sites is 2. The van der Waals surface area contributed by atoms with E-state index in [0.717, 1.165) is 50.4 Å². The number of amides is 3. The van der Waals surface area contributed by atoms with E-state index >= 15 is 8.78 Å². The maximum absolute atomic E-state index is 15.4. The van der Waals surface area contributed by atoms with Crippen molar-refractivity contribution in [3.05, 3.63) is 117 Å². The summed E-state index contributed by atoms with van der Waals surface area (Å²) in [4.78, 5) is 52.3. The van der Waals surface area contributed by atoms with Gasteiger partial charge in [0.15, 0.2) is 17.3 Å². The molecule has 0 unspecified atom stereocenters. The van der Waals surface area contributed by atoms with Gasteiger partial charge in [0, 0.05) is 41.4 Å². The molecule has 0 fully saturated rings. The summed E-state index contributed by atoms with van der Waals surface area (Å²) in [6, 6.07) is 8.34. The first-order valence-electron chi connectivity index (χ1n) is 20.4. The minimum atomic E-state index is -5.31. The molecular formula is C42H36ClF10N8O8PS. The molecule has 1 aliphatic carbocycles. The third kappa shape index (κ3) is 11.0. The molecule has 3 heterocycles. The van der Waals surface area contributed by atoms with Crippen LogP contribution in [0.3, 0.4) is 0 Å². The van der Waals surface area contributed by atoms with Crippen LogP contribution in [0.25, 0.3) is 22.0 Å². The van der Waals surface area contributed by atoms with Gasteiger partial charge in [0.05, 0.1) is 39.6 Å². The Morgan fingerprint density at radius 2 is 1.62 bits per heavy atom. The van der Waals surface area contributed by atoms with Gasteiger partial charge in [-0.3, -0.25) is 33.8 Å². The van der Waals surface area contributed by atoms with Crippen LogP contribution in [0, 0.1) is 24.5 Å². The van der Waals surface area contributed by atoms with Crippen LogP contribution in [0.4, 0.5) is 60.2 Å². The monoisotopic (exact) mass is 1070 g/mol. The number of aryl methyl sites for hydroxylation is 1. The molecule has 2 atom stereocenters. The number of urea groups is 1. The minimum Gasteiger partial charge on any atom is -0.402 e. The second-order valence-corrected chi connectivity index (χ2v) is 19.8. The largest absolute Gasteiger partial charge is 0.524 e. The molecule has 0 saturated carbocycles. The van der Waals surface area contributed by atoms with Crippen molar-refractivity contribution in [3.63, 3.8) is 0 Å². The number of benzene rings is 3. The van der Waals surface area contributed by atoms with E-state index in [4.69, 9.17) is 11.6 Å². The molecule has 380 valence electrons. The smallest absolute Gasteiger partial charge is 0.402 e. The Morgan fingerprint density at radius 3 is 2.23 bits per heavy atom. The number of aromatic nitrogens is 5. The Morgan fingerprint density at radius 1 is 0.986 bits per heavy atom. The number of fused-ring (bicyclic) bond motifs is 2. The van der Waals surface area contributed by atoms with Crippen LogP contribution in [0.1, 0.15) is 46.9 Å².